The van der Waals surface area contributed by atoms with Crippen LogP contribution in [0.15, 0.2) is 16.8 Å². The molecule has 2 N–H and O–H groups in total. The molecule has 0 saturated carbocycles. The molecule has 2 heterocycles. The Labute approximate surface area is 108 Å². The van der Waals surface area contributed by atoms with E-state index in [1.165, 1.54) is 19.5 Å². The van der Waals surface area contributed by atoms with Crippen LogP contribution in [0, 0.1) is 0 Å². The van der Waals surface area contributed by atoms with Crippen molar-refractivity contribution in [3.05, 3.63) is 29.5 Å². The summed E-state index contributed by atoms with van der Waals surface area (Å²) in [6, 6.07) is 1.34. The first-order valence-corrected chi connectivity index (χ1v) is 5.53. The van der Waals surface area contributed by atoms with Gasteiger partial charge in [-0.25, -0.2) is 9.89 Å². The number of H-pyrrole nitrogens is 1. The lowest BCUT2D eigenvalue weighted by Crippen LogP contribution is -2.12. The molecule has 8 nitrogen and oxygen atoms in total. The number of anilines is 1. The maximum atomic E-state index is 11.9. The number of ether oxygens (including phenoxy) is 1. The SMILES string of the molecule is CCc1oc(C(=O)Nc2ncn[nH]2)cc1C(=O)OC. The maximum Gasteiger partial charge on any atom is 0.341 e. The minimum Gasteiger partial charge on any atom is -0.465 e. The molecule has 2 aromatic heterocycles. The second-order valence-electron chi connectivity index (χ2n) is 3.58. The van der Waals surface area contributed by atoms with Crippen LogP contribution in [0.5, 0.6) is 0 Å². The molecule has 100 valence electrons. The fraction of sp³-hybridized carbons (Fsp3) is 0.273. The first-order valence-electron chi connectivity index (χ1n) is 5.53. The van der Waals surface area contributed by atoms with Crippen molar-refractivity contribution >= 4 is 17.8 Å². The Bertz CT molecular complexity index is 588. The predicted octanol–water partition coefficient (Wildman–Crippen LogP) is 0.999. The number of nitrogens with one attached hydrogen (secondary N) is 2. The number of carbonyl (C=O) groups excluding carboxylic acids is 2. The van der Waals surface area contributed by atoms with Gasteiger partial charge in [-0.15, -0.1) is 0 Å². The van der Waals surface area contributed by atoms with Crippen molar-refractivity contribution in [2.24, 2.45) is 0 Å². The highest BCUT2D eigenvalue weighted by molar-refractivity contribution is 6.03. The Morgan fingerprint density at radius 1 is 1.53 bits per heavy atom. The van der Waals surface area contributed by atoms with Crippen molar-refractivity contribution in [3.8, 4) is 0 Å². The van der Waals surface area contributed by atoms with Gasteiger partial charge in [-0.3, -0.25) is 10.1 Å². The summed E-state index contributed by atoms with van der Waals surface area (Å²) in [4.78, 5) is 27.1. The molecule has 0 unspecified atom stereocenters. The number of aromatic nitrogens is 3. The molecule has 2 aromatic rings. The van der Waals surface area contributed by atoms with Gasteiger partial charge in [0.1, 0.15) is 17.7 Å². The average Bonchev–Trinajstić information content (AvgIpc) is 3.06. The summed E-state index contributed by atoms with van der Waals surface area (Å²) in [7, 11) is 1.27. The van der Waals surface area contributed by atoms with Crippen LogP contribution in [0.25, 0.3) is 0 Å². The Morgan fingerprint density at radius 2 is 2.32 bits per heavy atom. The molecule has 0 saturated heterocycles. The number of hydrogen-bond donors (Lipinski definition) is 2. The number of aryl methyl sites for hydroxylation is 1. The third-order valence-electron chi connectivity index (χ3n) is 2.41. The second kappa shape index (κ2) is 5.34. The van der Waals surface area contributed by atoms with Gasteiger partial charge in [-0.2, -0.15) is 10.1 Å². The van der Waals surface area contributed by atoms with E-state index in [2.05, 4.69) is 25.2 Å². The number of amides is 1. The topological polar surface area (TPSA) is 110 Å². The molecule has 0 aliphatic heterocycles. The van der Waals surface area contributed by atoms with Gasteiger partial charge < -0.3 is 9.15 Å². The lowest BCUT2D eigenvalue weighted by Gasteiger charge is -1.97. The van der Waals surface area contributed by atoms with E-state index in [-0.39, 0.29) is 17.3 Å². The molecule has 0 aliphatic rings. The number of esters is 1. The van der Waals surface area contributed by atoms with Crippen molar-refractivity contribution in [2.45, 2.75) is 13.3 Å². The molecule has 0 aromatic carbocycles. The van der Waals surface area contributed by atoms with E-state index >= 15 is 0 Å². The molecule has 2 rings (SSSR count). The molecule has 0 aliphatic carbocycles. The predicted molar refractivity (Wildman–Crippen MR) is 63.8 cm³/mol. The van der Waals surface area contributed by atoms with E-state index in [1.54, 1.807) is 0 Å². The van der Waals surface area contributed by atoms with Gasteiger partial charge in [0, 0.05) is 12.5 Å². The number of aromatic amines is 1. The van der Waals surface area contributed by atoms with Gasteiger partial charge in [0.2, 0.25) is 5.95 Å². The first-order chi connectivity index (χ1) is 9.15. The van der Waals surface area contributed by atoms with Crippen LogP contribution in [-0.4, -0.2) is 34.2 Å². The van der Waals surface area contributed by atoms with Gasteiger partial charge in [-0.1, -0.05) is 6.92 Å². The summed E-state index contributed by atoms with van der Waals surface area (Å²) >= 11 is 0. The monoisotopic (exact) mass is 264 g/mol. The quantitative estimate of drug-likeness (QED) is 0.797. The summed E-state index contributed by atoms with van der Waals surface area (Å²) in [6.45, 7) is 1.81. The minimum absolute atomic E-state index is 0.00801. The highest BCUT2D eigenvalue weighted by Crippen LogP contribution is 2.18. The van der Waals surface area contributed by atoms with Crippen LogP contribution in [-0.2, 0) is 11.2 Å². The van der Waals surface area contributed by atoms with E-state index in [0.29, 0.717) is 12.2 Å². The van der Waals surface area contributed by atoms with E-state index in [0.717, 1.165) is 0 Å². The smallest absolute Gasteiger partial charge is 0.341 e. The Balaban J connectivity index is 2.23. The largest absolute Gasteiger partial charge is 0.465 e. The summed E-state index contributed by atoms with van der Waals surface area (Å²) in [6.07, 6.45) is 1.73. The normalized spacial score (nSPS) is 10.2. The van der Waals surface area contributed by atoms with Gasteiger partial charge in [0.05, 0.1) is 7.11 Å². The number of methoxy groups -OCH3 is 1. The van der Waals surface area contributed by atoms with Crippen molar-refractivity contribution in [3.63, 3.8) is 0 Å². The number of hydrogen-bond acceptors (Lipinski definition) is 6. The van der Waals surface area contributed by atoms with Gasteiger partial charge in [0.15, 0.2) is 5.76 Å². The number of nitrogens with zero attached hydrogens (tertiary/aromatic N) is 2. The van der Waals surface area contributed by atoms with E-state index in [4.69, 9.17) is 4.42 Å². The molecule has 0 radical (unpaired) electrons. The zero-order valence-corrected chi connectivity index (χ0v) is 10.4. The Kier molecular flexibility index (Phi) is 3.60. The fourth-order valence-corrected chi connectivity index (χ4v) is 1.52. The third-order valence-corrected chi connectivity index (χ3v) is 2.41. The molecule has 8 heteroatoms. The first kappa shape index (κ1) is 12.8. The van der Waals surface area contributed by atoms with Crippen molar-refractivity contribution < 1.29 is 18.7 Å². The Hall–Kier alpha value is -2.64. The molecular weight excluding hydrogens is 252 g/mol. The molecule has 0 bridgehead atoms. The zero-order valence-electron chi connectivity index (χ0n) is 10.4. The number of rotatable bonds is 4. The van der Waals surface area contributed by atoms with Gasteiger partial charge in [0.25, 0.3) is 5.91 Å². The summed E-state index contributed by atoms with van der Waals surface area (Å²) < 4.78 is 9.94. The van der Waals surface area contributed by atoms with Gasteiger partial charge >= 0.3 is 5.97 Å². The van der Waals surface area contributed by atoms with Crippen LogP contribution in [0.2, 0.25) is 0 Å². The van der Waals surface area contributed by atoms with E-state index in [9.17, 15) is 9.59 Å². The summed E-state index contributed by atoms with van der Waals surface area (Å²) in [5, 5.41) is 8.52. The molecule has 1 amide bonds. The highest BCUT2D eigenvalue weighted by atomic mass is 16.5. The lowest BCUT2D eigenvalue weighted by molar-refractivity contribution is 0.0598. The highest BCUT2D eigenvalue weighted by Gasteiger charge is 2.21. The van der Waals surface area contributed by atoms with Crippen LogP contribution >= 0.6 is 0 Å². The Morgan fingerprint density at radius 3 is 2.89 bits per heavy atom. The second-order valence-corrected chi connectivity index (χ2v) is 3.58. The van der Waals surface area contributed by atoms with Gasteiger partial charge in [-0.05, 0) is 0 Å². The standard InChI is InChI=1S/C11H12N4O4/c1-3-7-6(10(17)18-2)4-8(19-7)9(16)14-11-12-5-13-15-11/h4-5H,3H2,1-2H3,(H2,12,13,14,15,16). The van der Waals surface area contributed by atoms with Crippen molar-refractivity contribution in [2.75, 3.05) is 12.4 Å². The molecular formula is C11H12N4O4. The summed E-state index contributed by atoms with van der Waals surface area (Å²) in [5.74, 6) is -0.469. The molecule has 19 heavy (non-hydrogen) atoms. The number of carbonyl (C=O) groups is 2. The van der Waals surface area contributed by atoms with Crippen molar-refractivity contribution in [1.82, 2.24) is 15.2 Å². The molecule has 0 fully saturated rings. The van der Waals surface area contributed by atoms with Crippen LogP contribution in [0.4, 0.5) is 5.95 Å². The maximum absolute atomic E-state index is 11.9. The summed E-state index contributed by atoms with van der Waals surface area (Å²) in [5.41, 5.74) is 0.243. The molecule has 0 atom stereocenters. The lowest BCUT2D eigenvalue weighted by atomic mass is 10.2. The third kappa shape index (κ3) is 2.62. The molecule has 0 spiro atoms. The number of furan rings is 1. The van der Waals surface area contributed by atoms with E-state index in [1.807, 2.05) is 6.92 Å². The average molecular weight is 264 g/mol. The zero-order chi connectivity index (χ0) is 13.8. The van der Waals surface area contributed by atoms with Crippen molar-refractivity contribution in [1.29, 1.82) is 0 Å². The van der Waals surface area contributed by atoms with E-state index < -0.39 is 11.9 Å². The van der Waals surface area contributed by atoms with Crippen LogP contribution in [0.3, 0.4) is 0 Å². The fourth-order valence-electron chi connectivity index (χ4n) is 1.52. The minimum atomic E-state index is -0.542. The van der Waals surface area contributed by atoms with Crippen LogP contribution in [0.1, 0.15) is 33.6 Å². The van der Waals surface area contributed by atoms with Crippen LogP contribution < -0.4 is 5.32 Å².